The molecule has 4 heteroatoms. The van der Waals surface area contributed by atoms with Crippen molar-refractivity contribution in [3.8, 4) is 0 Å². The first-order valence-corrected chi connectivity index (χ1v) is 11.8. The second-order valence-electron chi connectivity index (χ2n) is 9.77. The zero-order chi connectivity index (χ0) is 19.8. The van der Waals surface area contributed by atoms with E-state index in [0.717, 1.165) is 37.9 Å². The van der Waals surface area contributed by atoms with Crippen LogP contribution in [0.25, 0.3) is 0 Å². The minimum absolute atomic E-state index is 0.141. The largest absolute Gasteiger partial charge is 0.390 e. The molecule has 3 N–H and O–H groups in total. The van der Waals surface area contributed by atoms with Crippen molar-refractivity contribution in [1.29, 1.82) is 0 Å². The summed E-state index contributed by atoms with van der Waals surface area (Å²) in [6, 6.07) is 0.489. The van der Waals surface area contributed by atoms with E-state index in [9.17, 15) is 10.2 Å². The van der Waals surface area contributed by atoms with E-state index >= 15 is 0 Å². The number of rotatable bonds is 12. The Morgan fingerprint density at radius 2 is 1.67 bits per heavy atom. The number of aliphatic hydroxyl groups excluding tert-OH is 2. The van der Waals surface area contributed by atoms with Crippen LogP contribution in [0, 0.1) is 23.7 Å². The molecule has 0 aromatic rings. The maximum atomic E-state index is 10.8. The van der Waals surface area contributed by atoms with Gasteiger partial charge >= 0.3 is 0 Å². The summed E-state index contributed by atoms with van der Waals surface area (Å²) >= 11 is 0. The predicted molar refractivity (Wildman–Crippen MR) is 114 cm³/mol. The lowest BCUT2D eigenvalue weighted by molar-refractivity contribution is -0.0220. The molecule has 0 radical (unpaired) electrons. The van der Waals surface area contributed by atoms with Crippen LogP contribution < -0.4 is 5.32 Å². The second kappa shape index (κ2) is 11.7. The Morgan fingerprint density at radius 3 is 2.22 bits per heavy atom. The Kier molecular flexibility index (Phi) is 10.1. The molecule has 0 bridgehead atoms. The molecule has 1 aliphatic heterocycles. The molecular weight excluding hydrogens is 336 g/mol. The maximum Gasteiger partial charge on any atom is 0.105 e. The number of hydrogen-bond donors (Lipinski definition) is 3. The summed E-state index contributed by atoms with van der Waals surface area (Å²) in [5.41, 5.74) is 0. The van der Waals surface area contributed by atoms with Gasteiger partial charge in [0.05, 0.1) is 6.10 Å². The van der Waals surface area contributed by atoms with Gasteiger partial charge in [0.15, 0.2) is 0 Å². The fourth-order valence-corrected chi connectivity index (χ4v) is 4.97. The van der Waals surface area contributed by atoms with Crippen molar-refractivity contribution < 1.29 is 10.2 Å². The number of nitrogens with one attached hydrogen (secondary N) is 1. The number of likely N-dealkylation sites (tertiary alicyclic amines) is 1. The van der Waals surface area contributed by atoms with Gasteiger partial charge in [-0.3, -0.25) is 10.2 Å². The summed E-state index contributed by atoms with van der Waals surface area (Å²) in [5, 5.41) is 24.0. The fraction of sp³-hybridized carbons (Fsp3) is 1.00. The lowest BCUT2D eigenvalue weighted by atomic mass is 9.80. The molecule has 4 nitrogen and oxygen atoms in total. The van der Waals surface area contributed by atoms with E-state index in [4.69, 9.17) is 0 Å². The van der Waals surface area contributed by atoms with E-state index in [1.54, 1.807) is 0 Å². The van der Waals surface area contributed by atoms with E-state index < -0.39 is 6.23 Å². The number of nitrogens with zero attached hydrogens (tertiary/aromatic N) is 1. The number of aliphatic hydroxyl groups is 2. The highest BCUT2D eigenvalue weighted by atomic mass is 16.3. The third kappa shape index (κ3) is 8.00. The molecule has 4 unspecified atom stereocenters. The molecule has 0 spiro atoms. The lowest BCUT2D eigenvalue weighted by Crippen LogP contribution is -2.53. The summed E-state index contributed by atoms with van der Waals surface area (Å²) in [4.78, 5) is 2.37. The molecule has 1 saturated carbocycles. The standard InChI is InChI=1S/C23H46N2O2/c1-5-17(3)7-10-19(6-2)20(14-25-15-22(26)16-25)13-23(27)24-21-11-8-18(4)9-12-21/h17-24,26-27H,5-16H2,1-4H3. The summed E-state index contributed by atoms with van der Waals surface area (Å²) < 4.78 is 0. The molecule has 0 aromatic carbocycles. The van der Waals surface area contributed by atoms with Gasteiger partial charge in [-0.1, -0.05) is 47.0 Å². The van der Waals surface area contributed by atoms with E-state index in [2.05, 4.69) is 37.9 Å². The van der Waals surface area contributed by atoms with Gasteiger partial charge in [0.2, 0.25) is 0 Å². The Bertz CT molecular complexity index is 392. The topological polar surface area (TPSA) is 55.7 Å². The average molecular weight is 383 g/mol. The SMILES string of the molecule is CCC(C)CCC(CC)C(CC(O)NC1CCC(C)CC1)CN1CC(O)C1. The molecule has 0 aromatic heterocycles. The lowest BCUT2D eigenvalue weighted by Gasteiger charge is -2.41. The van der Waals surface area contributed by atoms with Crippen molar-refractivity contribution in [2.75, 3.05) is 19.6 Å². The fourth-order valence-electron chi connectivity index (χ4n) is 4.97. The van der Waals surface area contributed by atoms with Crippen molar-refractivity contribution >= 4 is 0 Å². The minimum Gasteiger partial charge on any atom is -0.390 e. The van der Waals surface area contributed by atoms with Crippen LogP contribution in [-0.2, 0) is 0 Å². The van der Waals surface area contributed by atoms with Gasteiger partial charge in [0.25, 0.3) is 0 Å². The first-order chi connectivity index (χ1) is 12.9. The van der Waals surface area contributed by atoms with Crippen molar-refractivity contribution in [1.82, 2.24) is 10.2 Å². The first kappa shape index (κ1) is 23.1. The van der Waals surface area contributed by atoms with Crippen LogP contribution in [0.3, 0.4) is 0 Å². The summed E-state index contributed by atoms with van der Waals surface area (Å²) in [7, 11) is 0. The molecule has 0 amide bonds. The highest BCUT2D eigenvalue weighted by Crippen LogP contribution is 2.30. The third-order valence-electron chi connectivity index (χ3n) is 7.32. The van der Waals surface area contributed by atoms with Crippen molar-refractivity contribution in [2.24, 2.45) is 23.7 Å². The average Bonchev–Trinajstić information content (AvgIpc) is 2.62. The quantitative estimate of drug-likeness (QED) is 0.446. The summed E-state index contributed by atoms with van der Waals surface area (Å²) in [6.45, 7) is 11.9. The van der Waals surface area contributed by atoms with Crippen molar-refractivity contribution in [3.05, 3.63) is 0 Å². The van der Waals surface area contributed by atoms with E-state index in [-0.39, 0.29) is 6.10 Å². The van der Waals surface area contributed by atoms with Gasteiger partial charge < -0.3 is 10.2 Å². The molecule has 1 aliphatic carbocycles. The molecule has 2 fully saturated rings. The van der Waals surface area contributed by atoms with Crippen LogP contribution >= 0.6 is 0 Å². The van der Waals surface area contributed by atoms with Crippen LogP contribution in [-0.4, -0.2) is 53.1 Å². The van der Waals surface area contributed by atoms with Crippen molar-refractivity contribution in [2.45, 2.75) is 104 Å². The zero-order valence-corrected chi connectivity index (χ0v) is 18.4. The zero-order valence-electron chi connectivity index (χ0n) is 18.4. The molecular formula is C23H46N2O2. The van der Waals surface area contributed by atoms with Crippen LogP contribution in [0.4, 0.5) is 0 Å². The summed E-state index contributed by atoms with van der Waals surface area (Å²) in [5.74, 6) is 2.81. The van der Waals surface area contributed by atoms with Crippen molar-refractivity contribution in [3.63, 3.8) is 0 Å². The van der Waals surface area contributed by atoms with Gasteiger partial charge in [-0.15, -0.1) is 0 Å². The monoisotopic (exact) mass is 382 g/mol. The number of hydrogen-bond acceptors (Lipinski definition) is 4. The highest BCUT2D eigenvalue weighted by molar-refractivity contribution is 4.85. The van der Waals surface area contributed by atoms with Gasteiger partial charge in [-0.25, -0.2) is 0 Å². The Labute approximate surface area is 168 Å². The van der Waals surface area contributed by atoms with Gasteiger partial charge in [0, 0.05) is 25.7 Å². The first-order valence-electron chi connectivity index (χ1n) is 11.8. The van der Waals surface area contributed by atoms with Crippen LogP contribution in [0.2, 0.25) is 0 Å². The van der Waals surface area contributed by atoms with Gasteiger partial charge in [-0.2, -0.15) is 0 Å². The molecule has 27 heavy (non-hydrogen) atoms. The predicted octanol–water partition coefficient (Wildman–Crippen LogP) is 4.01. The Balaban J connectivity index is 1.87. The molecule has 1 saturated heterocycles. The van der Waals surface area contributed by atoms with Crippen LogP contribution in [0.15, 0.2) is 0 Å². The minimum atomic E-state index is -0.391. The van der Waals surface area contributed by atoms with Gasteiger partial charge in [0.1, 0.15) is 6.23 Å². The third-order valence-corrected chi connectivity index (χ3v) is 7.32. The second-order valence-corrected chi connectivity index (χ2v) is 9.77. The number of β-amino-alcohol motifs (C(OH)–C–C–N with tert-alkyl or cyclic N) is 1. The normalized spacial score (nSPS) is 29.1. The van der Waals surface area contributed by atoms with E-state index in [1.807, 2.05) is 0 Å². The van der Waals surface area contributed by atoms with Crippen LogP contribution in [0.1, 0.15) is 85.5 Å². The van der Waals surface area contributed by atoms with E-state index in [0.29, 0.717) is 17.9 Å². The molecule has 1 heterocycles. The maximum absolute atomic E-state index is 10.8. The molecule has 160 valence electrons. The summed E-state index contributed by atoms with van der Waals surface area (Å²) in [6.07, 6.45) is 10.3. The Hall–Kier alpha value is -0.160. The smallest absolute Gasteiger partial charge is 0.105 e. The Morgan fingerprint density at radius 1 is 1.00 bits per heavy atom. The van der Waals surface area contributed by atoms with Crippen LogP contribution in [0.5, 0.6) is 0 Å². The molecule has 2 aliphatic rings. The molecule has 4 atom stereocenters. The molecule has 2 rings (SSSR count). The van der Waals surface area contributed by atoms with E-state index in [1.165, 1.54) is 51.4 Å². The highest BCUT2D eigenvalue weighted by Gasteiger charge is 2.31. The van der Waals surface area contributed by atoms with Gasteiger partial charge in [-0.05, 0) is 62.2 Å².